The van der Waals surface area contributed by atoms with Gasteiger partial charge in [0, 0.05) is 13.8 Å². The molecule has 0 amide bonds. The molecule has 0 bridgehead atoms. The largest absolute Gasteiger partial charge is 0.450 e. The second-order valence-corrected chi connectivity index (χ2v) is 2.28. The number of ketones is 2. The SMILES string of the molecule is CC.CC(=O)c1ccc(C(C)=O)o1. The molecule has 72 valence electrons. The number of rotatable bonds is 2. The van der Waals surface area contributed by atoms with E-state index in [2.05, 4.69) is 0 Å². The van der Waals surface area contributed by atoms with E-state index < -0.39 is 0 Å². The molecule has 0 aliphatic carbocycles. The van der Waals surface area contributed by atoms with Crippen molar-refractivity contribution in [2.75, 3.05) is 0 Å². The molecule has 0 atom stereocenters. The summed E-state index contributed by atoms with van der Waals surface area (Å²) in [6.07, 6.45) is 0. The van der Waals surface area contributed by atoms with Crippen molar-refractivity contribution < 1.29 is 14.0 Å². The summed E-state index contributed by atoms with van der Waals surface area (Å²) in [5.41, 5.74) is 0. The van der Waals surface area contributed by atoms with Crippen LogP contribution >= 0.6 is 0 Å². The predicted molar refractivity (Wildman–Crippen MR) is 50.1 cm³/mol. The molecule has 0 saturated heterocycles. The summed E-state index contributed by atoms with van der Waals surface area (Å²) in [7, 11) is 0. The standard InChI is InChI=1S/C8H8O3.C2H6/c1-5(9)7-3-4-8(11-7)6(2)10;1-2/h3-4H,1-2H3;1-2H3. The molecule has 1 aromatic heterocycles. The molecular formula is C10H14O3. The zero-order chi connectivity index (χ0) is 10.4. The molecule has 0 aliphatic heterocycles. The van der Waals surface area contributed by atoms with Crippen LogP contribution in [0.1, 0.15) is 48.8 Å². The first-order chi connectivity index (χ1) is 6.11. The van der Waals surface area contributed by atoms with Crippen LogP contribution in [-0.2, 0) is 0 Å². The molecule has 0 aromatic carbocycles. The molecule has 0 unspecified atom stereocenters. The zero-order valence-corrected chi connectivity index (χ0v) is 8.38. The van der Waals surface area contributed by atoms with E-state index in [-0.39, 0.29) is 23.1 Å². The lowest BCUT2D eigenvalue weighted by Crippen LogP contribution is -1.89. The van der Waals surface area contributed by atoms with Gasteiger partial charge in [-0.05, 0) is 12.1 Å². The summed E-state index contributed by atoms with van der Waals surface area (Å²) in [6, 6.07) is 3.00. The van der Waals surface area contributed by atoms with Gasteiger partial charge < -0.3 is 4.42 Å². The van der Waals surface area contributed by atoms with Crippen LogP contribution in [-0.4, -0.2) is 11.6 Å². The fourth-order valence-corrected chi connectivity index (χ4v) is 0.716. The Morgan fingerprint density at radius 3 is 1.46 bits per heavy atom. The Hall–Kier alpha value is -1.38. The van der Waals surface area contributed by atoms with Crippen LogP contribution in [0.2, 0.25) is 0 Å². The number of hydrogen-bond donors (Lipinski definition) is 0. The average molecular weight is 182 g/mol. The van der Waals surface area contributed by atoms with Gasteiger partial charge in [0.05, 0.1) is 0 Å². The normalized spacial score (nSPS) is 8.62. The highest BCUT2D eigenvalue weighted by molar-refractivity contribution is 5.95. The van der Waals surface area contributed by atoms with Gasteiger partial charge in [-0.3, -0.25) is 9.59 Å². The lowest BCUT2D eigenvalue weighted by molar-refractivity contribution is 0.0964. The predicted octanol–water partition coefficient (Wildman–Crippen LogP) is 2.71. The maximum Gasteiger partial charge on any atom is 0.194 e. The summed E-state index contributed by atoms with van der Waals surface area (Å²) >= 11 is 0. The van der Waals surface area contributed by atoms with Crippen LogP contribution in [0.25, 0.3) is 0 Å². The topological polar surface area (TPSA) is 47.3 Å². The quantitative estimate of drug-likeness (QED) is 0.660. The molecule has 0 spiro atoms. The lowest BCUT2D eigenvalue weighted by Gasteiger charge is -1.86. The van der Waals surface area contributed by atoms with Gasteiger partial charge in [0.15, 0.2) is 23.1 Å². The van der Waals surface area contributed by atoms with E-state index in [0.29, 0.717) is 0 Å². The van der Waals surface area contributed by atoms with Crippen LogP contribution in [0.4, 0.5) is 0 Å². The van der Waals surface area contributed by atoms with Crippen molar-refractivity contribution >= 4 is 11.6 Å². The number of furan rings is 1. The molecule has 1 heterocycles. The van der Waals surface area contributed by atoms with Crippen molar-refractivity contribution in [3.8, 4) is 0 Å². The molecule has 0 fully saturated rings. The first kappa shape index (κ1) is 11.6. The lowest BCUT2D eigenvalue weighted by atomic mass is 10.3. The highest BCUT2D eigenvalue weighted by atomic mass is 16.4. The molecule has 0 radical (unpaired) electrons. The fraction of sp³-hybridized carbons (Fsp3) is 0.400. The average Bonchev–Trinajstić information content (AvgIpc) is 2.56. The number of carbonyl (C=O) groups excluding carboxylic acids is 2. The number of hydrogen-bond acceptors (Lipinski definition) is 3. The van der Waals surface area contributed by atoms with Crippen molar-refractivity contribution in [2.45, 2.75) is 27.7 Å². The monoisotopic (exact) mass is 182 g/mol. The third kappa shape index (κ3) is 3.23. The van der Waals surface area contributed by atoms with Crippen LogP contribution in [0.15, 0.2) is 16.5 Å². The minimum atomic E-state index is -0.169. The molecule has 0 aliphatic rings. The summed E-state index contributed by atoms with van der Waals surface area (Å²) in [6.45, 7) is 6.78. The van der Waals surface area contributed by atoms with E-state index in [1.165, 1.54) is 26.0 Å². The number of carbonyl (C=O) groups is 2. The van der Waals surface area contributed by atoms with E-state index in [1.54, 1.807) is 0 Å². The van der Waals surface area contributed by atoms with Crippen molar-refractivity contribution in [1.82, 2.24) is 0 Å². The van der Waals surface area contributed by atoms with Gasteiger partial charge in [0.25, 0.3) is 0 Å². The fourth-order valence-electron chi connectivity index (χ4n) is 0.716. The Kier molecular flexibility index (Phi) is 4.74. The Labute approximate surface area is 77.7 Å². The Morgan fingerprint density at radius 2 is 1.31 bits per heavy atom. The van der Waals surface area contributed by atoms with Gasteiger partial charge in [-0.25, -0.2) is 0 Å². The minimum Gasteiger partial charge on any atom is -0.450 e. The van der Waals surface area contributed by atoms with E-state index in [1.807, 2.05) is 13.8 Å². The first-order valence-corrected chi connectivity index (χ1v) is 4.23. The van der Waals surface area contributed by atoms with E-state index in [9.17, 15) is 9.59 Å². The minimum absolute atomic E-state index is 0.169. The third-order valence-corrected chi connectivity index (χ3v) is 1.30. The summed E-state index contributed by atoms with van der Waals surface area (Å²) in [5, 5.41) is 0. The summed E-state index contributed by atoms with van der Waals surface area (Å²) < 4.78 is 4.91. The molecule has 3 nitrogen and oxygen atoms in total. The van der Waals surface area contributed by atoms with Crippen molar-refractivity contribution in [2.24, 2.45) is 0 Å². The van der Waals surface area contributed by atoms with E-state index >= 15 is 0 Å². The second-order valence-electron chi connectivity index (χ2n) is 2.28. The number of Topliss-reactive ketones (excluding diaryl/α,β-unsaturated/α-hetero) is 2. The van der Waals surface area contributed by atoms with Gasteiger partial charge in [-0.2, -0.15) is 0 Å². The van der Waals surface area contributed by atoms with E-state index in [0.717, 1.165) is 0 Å². The highest BCUT2D eigenvalue weighted by Crippen LogP contribution is 2.08. The zero-order valence-electron chi connectivity index (χ0n) is 8.38. The van der Waals surface area contributed by atoms with Gasteiger partial charge in [0.2, 0.25) is 0 Å². The molecule has 1 rings (SSSR count). The molecular weight excluding hydrogens is 168 g/mol. The van der Waals surface area contributed by atoms with Gasteiger partial charge in [0.1, 0.15) is 0 Å². The smallest absolute Gasteiger partial charge is 0.194 e. The Bertz CT molecular complexity index is 268. The van der Waals surface area contributed by atoms with Crippen LogP contribution in [0.3, 0.4) is 0 Å². The third-order valence-electron chi connectivity index (χ3n) is 1.30. The van der Waals surface area contributed by atoms with Crippen LogP contribution in [0, 0.1) is 0 Å². The van der Waals surface area contributed by atoms with Gasteiger partial charge in [-0.15, -0.1) is 0 Å². The molecule has 3 heteroatoms. The highest BCUT2D eigenvalue weighted by Gasteiger charge is 2.08. The maximum atomic E-state index is 10.7. The van der Waals surface area contributed by atoms with Gasteiger partial charge >= 0.3 is 0 Å². The van der Waals surface area contributed by atoms with Crippen molar-refractivity contribution in [3.05, 3.63) is 23.7 Å². The van der Waals surface area contributed by atoms with E-state index in [4.69, 9.17) is 4.42 Å². The molecule has 1 aromatic rings. The molecule has 0 saturated carbocycles. The summed E-state index contributed by atoms with van der Waals surface area (Å²) in [5.74, 6) is 0.125. The second kappa shape index (κ2) is 5.30. The van der Waals surface area contributed by atoms with Gasteiger partial charge in [-0.1, -0.05) is 13.8 Å². The Morgan fingerprint density at radius 1 is 1.00 bits per heavy atom. The molecule has 13 heavy (non-hydrogen) atoms. The maximum absolute atomic E-state index is 10.7. The summed E-state index contributed by atoms with van der Waals surface area (Å²) in [4.78, 5) is 21.4. The van der Waals surface area contributed by atoms with Crippen LogP contribution in [0.5, 0.6) is 0 Å². The van der Waals surface area contributed by atoms with Crippen molar-refractivity contribution in [1.29, 1.82) is 0 Å². The molecule has 0 N–H and O–H groups in total. The van der Waals surface area contributed by atoms with Crippen molar-refractivity contribution in [3.63, 3.8) is 0 Å². The first-order valence-electron chi connectivity index (χ1n) is 4.23. The Balaban J connectivity index is 0.000000671. The van der Waals surface area contributed by atoms with Crippen LogP contribution < -0.4 is 0 Å².